The summed E-state index contributed by atoms with van der Waals surface area (Å²) in [7, 11) is 2.59. The summed E-state index contributed by atoms with van der Waals surface area (Å²) in [5.41, 5.74) is 0. The molecule has 0 aromatic carbocycles. The molecule has 2 N–H and O–H groups in total. The molecule has 1 aliphatic rings. The molecule has 0 saturated carbocycles. The average molecular weight is 178 g/mol. The monoisotopic (exact) mass is 178 g/mol. The lowest BCUT2D eigenvalue weighted by Gasteiger charge is -2.06. The fraction of sp³-hybridized carbons (Fsp3) is 1.00. The highest BCUT2D eigenvalue weighted by molar-refractivity contribution is 4.70. The van der Waals surface area contributed by atoms with Crippen LogP contribution in [0.2, 0.25) is 0 Å². The summed E-state index contributed by atoms with van der Waals surface area (Å²) in [4.78, 5) is 0. The van der Waals surface area contributed by atoms with Crippen molar-refractivity contribution in [3.8, 4) is 0 Å². The smallest absolute Gasteiger partial charge is 0.0810 e. The molecular weight excluding hydrogens is 160 g/mol. The number of epoxide rings is 1. The minimum atomic E-state index is -0.311. The van der Waals surface area contributed by atoms with E-state index in [4.69, 9.17) is 19.7 Å². The van der Waals surface area contributed by atoms with Crippen LogP contribution in [0, 0.1) is 0 Å². The van der Waals surface area contributed by atoms with E-state index in [1.54, 1.807) is 7.11 Å². The first-order chi connectivity index (χ1) is 5.83. The lowest BCUT2D eigenvalue weighted by atomic mass is 10.2. The second-order valence-corrected chi connectivity index (χ2v) is 2.64. The Morgan fingerprint density at radius 3 is 2.58 bits per heavy atom. The van der Waals surface area contributed by atoms with Gasteiger partial charge in [0.15, 0.2) is 0 Å². The van der Waals surface area contributed by atoms with Gasteiger partial charge in [-0.05, 0) is 12.8 Å². The number of methoxy groups -OCH3 is 1. The number of hydrogen-bond acceptors (Lipinski definition) is 4. The Labute approximate surface area is 73.1 Å². The van der Waals surface area contributed by atoms with E-state index in [9.17, 15) is 0 Å². The molecule has 1 heterocycles. The van der Waals surface area contributed by atoms with Crippen LogP contribution in [0.3, 0.4) is 0 Å². The lowest BCUT2D eigenvalue weighted by Crippen LogP contribution is -2.14. The molecule has 4 nitrogen and oxygen atoms in total. The van der Waals surface area contributed by atoms with Crippen LogP contribution in [0.25, 0.3) is 0 Å². The van der Waals surface area contributed by atoms with E-state index in [0.29, 0.717) is 12.7 Å². The highest BCUT2D eigenvalue weighted by atomic mass is 16.6. The van der Waals surface area contributed by atoms with Gasteiger partial charge in [0, 0.05) is 14.2 Å². The maximum atomic E-state index is 9.15. The molecule has 74 valence electrons. The molecule has 0 spiro atoms. The molecule has 4 heteroatoms. The van der Waals surface area contributed by atoms with Gasteiger partial charge in [0.25, 0.3) is 0 Å². The Kier molecular flexibility index (Phi) is 7.39. The van der Waals surface area contributed by atoms with Gasteiger partial charge < -0.3 is 19.7 Å². The lowest BCUT2D eigenvalue weighted by molar-refractivity contribution is 0.0566. The van der Waals surface area contributed by atoms with Crippen molar-refractivity contribution >= 4 is 0 Å². The maximum absolute atomic E-state index is 9.15. The Balaban J connectivity index is 0.000000561. The van der Waals surface area contributed by atoms with Gasteiger partial charge in [-0.25, -0.2) is 0 Å². The van der Waals surface area contributed by atoms with Gasteiger partial charge in [0.05, 0.1) is 25.4 Å². The van der Waals surface area contributed by atoms with Gasteiger partial charge in [-0.15, -0.1) is 0 Å². The number of rotatable bonds is 5. The Hall–Kier alpha value is -0.160. The van der Waals surface area contributed by atoms with Crippen molar-refractivity contribution in [1.82, 2.24) is 0 Å². The van der Waals surface area contributed by atoms with Crippen LogP contribution >= 0.6 is 0 Å². The van der Waals surface area contributed by atoms with E-state index in [1.807, 2.05) is 0 Å². The quantitative estimate of drug-likeness (QED) is 0.571. The van der Waals surface area contributed by atoms with E-state index in [0.717, 1.165) is 26.6 Å². The first-order valence-electron chi connectivity index (χ1n) is 4.06. The summed E-state index contributed by atoms with van der Waals surface area (Å²) in [5, 5.41) is 16.1. The van der Waals surface area contributed by atoms with Crippen LogP contribution in [0.5, 0.6) is 0 Å². The molecule has 1 rings (SSSR count). The van der Waals surface area contributed by atoms with Crippen LogP contribution in [-0.4, -0.2) is 49.9 Å². The van der Waals surface area contributed by atoms with Crippen molar-refractivity contribution in [2.45, 2.75) is 25.0 Å². The second kappa shape index (κ2) is 7.49. The number of aliphatic hydroxyl groups is 2. The van der Waals surface area contributed by atoms with Crippen molar-refractivity contribution in [3.63, 3.8) is 0 Å². The molecule has 1 fully saturated rings. The third-order valence-corrected chi connectivity index (χ3v) is 1.58. The van der Waals surface area contributed by atoms with Gasteiger partial charge >= 0.3 is 0 Å². The third kappa shape index (κ3) is 6.54. The Morgan fingerprint density at radius 2 is 2.17 bits per heavy atom. The Bertz CT molecular complexity index is 93.1. The predicted molar refractivity (Wildman–Crippen MR) is 45.0 cm³/mol. The average Bonchev–Trinajstić information content (AvgIpc) is 2.88. The van der Waals surface area contributed by atoms with E-state index in [1.165, 1.54) is 0 Å². The fourth-order valence-corrected chi connectivity index (χ4v) is 0.889. The van der Waals surface area contributed by atoms with Crippen molar-refractivity contribution in [2.75, 3.05) is 27.4 Å². The molecule has 0 aromatic heterocycles. The van der Waals surface area contributed by atoms with E-state index in [2.05, 4.69) is 0 Å². The van der Waals surface area contributed by atoms with Gasteiger partial charge in [-0.1, -0.05) is 0 Å². The van der Waals surface area contributed by atoms with Gasteiger partial charge in [-0.2, -0.15) is 0 Å². The van der Waals surface area contributed by atoms with Crippen molar-refractivity contribution in [3.05, 3.63) is 0 Å². The molecule has 12 heavy (non-hydrogen) atoms. The predicted octanol–water partition coefficient (Wildman–Crippen LogP) is -0.219. The molecule has 0 radical (unpaired) electrons. The molecule has 0 bridgehead atoms. The summed E-state index contributed by atoms with van der Waals surface area (Å²) >= 11 is 0. The molecular formula is C8H18O4. The molecule has 2 atom stereocenters. The molecule has 1 saturated heterocycles. The van der Waals surface area contributed by atoms with Crippen LogP contribution < -0.4 is 0 Å². The van der Waals surface area contributed by atoms with Crippen LogP contribution in [-0.2, 0) is 9.47 Å². The number of aliphatic hydroxyl groups excluding tert-OH is 2. The third-order valence-electron chi connectivity index (χ3n) is 1.58. The van der Waals surface area contributed by atoms with Crippen LogP contribution in [0.15, 0.2) is 0 Å². The van der Waals surface area contributed by atoms with E-state index >= 15 is 0 Å². The highest BCUT2D eigenvalue weighted by Gasteiger charge is 2.22. The van der Waals surface area contributed by atoms with Crippen molar-refractivity contribution in [1.29, 1.82) is 0 Å². The summed E-state index contributed by atoms with van der Waals surface area (Å²) in [6.07, 6.45) is 1.86. The summed E-state index contributed by atoms with van der Waals surface area (Å²) in [5.74, 6) is 0. The SMILES string of the molecule is CO.COCC(O)CCC1CO1. The fourth-order valence-electron chi connectivity index (χ4n) is 0.889. The van der Waals surface area contributed by atoms with Gasteiger partial charge in [0.1, 0.15) is 0 Å². The minimum Gasteiger partial charge on any atom is -0.400 e. The van der Waals surface area contributed by atoms with Gasteiger partial charge in [0.2, 0.25) is 0 Å². The minimum absolute atomic E-state index is 0.311. The standard InChI is InChI=1S/C7H14O3.CH4O/c1-9-4-6(8)2-3-7-5-10-7;1-2/h6-8H,2-5H2,1H3;2H,1H3. The summed E-state index contributed by atoms with van der Waals surface area (Å²) in [6.45, 7) is 1.31. The van der Waals surface area contributed by atoms with E-state index in [-0.39, 0.29) is 6.10 Å². The first kappa shape index (κ1) is 11.8. The van der Waals surface area contributed by atoms with E-state index < -0.39 is 0 Å². The number of hydrogen-bond donors (Lipinski definition) is 2. The molecule has 0 aromatic rings. The van der Waals surface area contributed by atoms with Crippen molar-refractivity contribution < 1.29 is 19.7 Å². The van der Waals surface area contributed by atoms with Crippen LogP contribution in [0.4, 0.5) is 0 Å². The van der Waals surface area contributed by atoms with Gasteiger partial charge in [-0.3, -0.25) is 0 Å². The zero-order valence-corrected chi connectivity index (χ0v) is 7.69. The molecule has 0 aliphatic carbocycles. The van der Waals surface area contributed by atoms with Crippen LogP contribution in [0.1, 0.15) is 12.8 Å². The summed E-state index contributed by atoms with van der Waals surface area (Å²) in [6, 6.07) is 0. The molecule has 1 aliphatic heterocycles. The normalized spacial score (nSPS) is 22.5. The zero-order valence-electron chi connectivity index (χ0n) is 7.69. The zero-order chi connectivity index (χ0) is 9.40. The Morgan fingerprint density at radius 1 is 1.58 bits per heavy atom. The summed E-state index contributed by atoms with van der Waals surface area (Å²) < 4.78 is 9.75. The molecule has 2 unspecified atom stereocenters. The number of ether oxygens (including phenoxy) is 2. The largest absolute Gasteiger partial charge is 0.400 e. The maximum Gasteiger partial charge on any atom is 0.0810 e. The highest BCUT2D eigenvalue weighted by Crippen LogP contribution is 2.16. The molecule has 0 amide bonds. The van der Waals surface area contributed by atoms with Crippen molar-refractivity contribution in [2.24, 2.45) is 0 Å². The topological polar surface area (TPSA) is 62.2 Å². The first-order valence-corrected chi connectivity index (χ1v) is 4.06. The second-order valence-electron chi connectivity index (χ2n) is 2.64.